The highest BCUT2D eigenvalue weighted by atomic mass is 79.9. The van der Waals surface area contributed by atoms with Crippen LogP contribution in [0.15, 0.2) is 34.9 Å². The summed E-state index contributed by atoms with van der Waals surface area (Å²) in [5.41, 5.74) is 1.04. The lowest BCUT2D eigenvalue weighted by Gasteiger charge is -2.01. The van der Waals surface area contributed by atoms with Gasteiger partial charge in [0.25, 0.3) is 0 Å². The second kappa shape index (κ2) is 2.87. The maximum atomic E-state index is 4.26. The predicted octanol–water partition coefficient (Wildman–Crippen LogP) is 3.31. The lowest BCUT2D eigenvalue weighted by molar-refractivity contribution is 1.21. The summed E-state index contributed by atoms with van der Waals surface area (Å²) in [6.45, 7) is 2.00. The summed E-state index contributed by atoms with van der Waals surface area (Å²) in [5, 5.41) is 2.40. The van der Waals surface area contributed by atoms with Crippen molar-refractivity contribution < 1.29 is 0 Å². The first-order valence-corrected chi connectivity index (χ1v) is 4.58. The Kier molecular flexibility index (Phi) is 1.85. The van der Waals surface area contributed by atoms with E-state index >= 15 is 0 Å². The Labute approximate surface area is 79.6 Å². The van der Waals surface area contributed by atoms with Crippen LogP contribution in [0.25, 0.3) is 10.8 Å². The highest BCUT2D eigenvalue weighted by molar-refractivity contribution is 9.10. The second-order valence-electron chi connectivity index (χ2n) is 2.74. The van der Waals surface area contributed by atoms with E-state index in [9.17, 15) is 0 Å². The van der Waals surface area contributed by atoms with Crippen molar-refractivity contribution in [1.82, 2.24) is 4.98 Å². The van der Waals surface area contributed by atoms with Gasteiger partial charge in [-0.2, -0.15) is 0 Å². The number of halogens is 1. The molecular weight excluding hydrogens is 214 g/mol. The number of pyridine rings is 1. The van der Waals surface area contributed by atoms with Gasteiger partial charge in [0.05, 0.1) is 5.69 Å². The standard InChI is InChI=1S/C10H8BrN/c1-7-10(11)9-5-3-2-4-8(9)6-12-7/h2-6H,1H3. The fourth-order valence-corrected chi connectivity index (χ4v) is 1.69. The van der Waals surface area contributed by atoms with E-state index in [4.69, 9.17) is 0 Å². The molecule has 1 aromatic heterocycles. The third-order valence-corrected chi connectivity index (χ3v) is 2.91. The van der Waals surface area contributed by atoms with Crippen molar-refractivity contribution >= 4 is 26.7 Å². The van der Waals surface area contributed by atoms with Crippen molar-refractivity contribution in [3.8, 4) is 0 Å². The van der Waals surface area contributed by atoms with Gasteiger partial charge in [-0.3, -0.25) is 4.98 Å². The van der Waals surface area contributed by atoms with Crippen molar-refractivity contribution in [3.63, 3.8) is 0 Å². The Morgan fingerprint density at radius 1 is 1.25 bits per heavy atom. The zero-order valence-electron chi connectivity index (χ0n) is 6.71. The van der Waals surface area contributed by atoms with Crippen LogP contribution in [0.1, 0.15) is 5.69 Å². The molecule has 0 bridgehead atoms. The van der Waals surface area contributed by atoms with Crippen LogP contribution in [0.2, 0.25) is 0 Å². The lowest BCUT2D eigenvalue weighted by atomic mass is 10.1. The highest BCUT2D eigenvalue weighted by Crippen LogP contribution is 2.24. The van der Waals surface area contributed by atoms with Crippen LogP contribution < -0.4 is 0 Å². The fraction of sp³-hybridized carbons (Fsp3) is 0.100. The summed E-state index contributed by atoms with van der Waals surface area (Å²) in [4.78, 5) is 4.26. The van der Waals surface area contributed by atoms with Crippen molar-refractivity contribution in [2.24, 2.45) is 0 Å². The van der Waals surface area contributed by atoms with Crippen LogP contribution in [0, 0.1) is 6.92 Å². The van der Waals surface area contributed by atoms with Crippen molar-refractivity contribution in [3.05, 3.63) is 40.6 Å². The molecule has 1 heterocycles. The van der Waals surface area contributed by atoms with Crippen LogP contribution in [-0.4, -0.2) is 4.98 Å². The van der Waals surface area contributed by atoms with Crippen molar-refractivity contribution in [2.75, 3.05) is 0 Å². The van der Waals surface area contributed by atoms with Crippen LogP contribution >= 0.6 is 15.9 Å². The molecule has 0 radical (unpaired) electrons. The van der Waals surface area contributed by atoms with Crippen molar-refractivity contribution in [1.29, 1.82) is 0 Å². The Hall–Kier alpha value is -0.890. The van der Waals surface area contributed by atoms with Gasteiger partial charge in [-0.1, -0.05) is 24.3 Å². The maximum Gasteiger partial charge on any atom is 0.0521 e. The summed E-state index contributed by atoms with van der Waals surface area (Å²) in [6.07, 6.45) is 1.90. The van der Waals surface area contributed by atoms with Gasteiger partial charge in [-0.25, -0.2) is 0 Å². The number of aromatic nitrogens is 1. The Morgan fingerprint density at radius 2 is 2.00 bits per heavy atom. The molecule has 2 aromatic rings. The molecule has 0 aliphatic rings. The molecule has 0 fully saturated rings. The molecule has 0 saturated heterocycles. The van der Waals surface area contributed by atoms with E-state index in [2.05, 4.69) is 33.0 Å². The zero-order chi connectivity index (χ0) is 8.55. The van der Waals surface area contributed by atoms with Gasteiger partial charge in [0.2, 0.25) is 0 Å². The Morgan fingerprint density at radius 3 is 2.83 bits per heavy atom. The summed E-state index contributed by atoms with van der Waals surface area (Å²) in [5.74, 6) is 0. The van der Waals surface area contributed by atoms with E-state index in [0.717, 1.165) is 10.2 Å². The summed E-state index contributed by atoms with van der Waals surface area (Å²) in [7, 11) is 0. The molecule has 1 aromatic carbocycles. The van der Waals surface area contributed by atoms with Crippen molar-refractivity contribution in [2.45, 2.75) is 6.92 Å². The molecule has 0 aliphatic carbocycles. The molecule has 0 aliphatic heterocycles. The van der Waals surface area contributed by atoms with E-state index < -0.39 is 0 Å². The third-order valence-electron chi connectivity index (χ3n) is 1.91. The van der Waals surface area contributed by atoms with E-state index in [1.807, 2.05) is 25.3 Å². The first-order valence-electron chi connectivity index (χ1n) is 3.79. The molecule has 0 N–H and O–H groups in total. The average Bonchev–Trinajstić information content (AvgIpc) is 2.12. The molecule has 1 nitrogen and oxygen atoms in total. The number of aryl methyl sites for hydroxylation is 1. The molecule has 12 heavy (non-hydrogen) atoms. The second-order valence-corrected chi connectivity index (χ2v) is 3.54. The minimum absolute atomic E-state index is 1.04. The van der Waals surface area contributed by atoms with Gasteiger partial charge < -0.3 is 0 Å². The molecule has 0 unspecified atom stereocenters. The summed E-state index contributed by atoms with van der Waals surface area (Å²) >= 11 is 3.52. The Balaban J connectivity index is 2.91. The quantitative estimate of drug-likeness (QED) is 0.666. The predicted molar refractivity (Wildman–Crippen MR) is 54.2 cm³/mol. The molecule has 0 saturated carbocycles. The summed E-state index contributed by atoms with van der Waals surface area (Å²) in [6, 6.07) is 8.21. The van der Waals surface area contributed by atoms with Crippen LogP contribution in [-0.2, 0) is 0 Å². The maximum absolute atomic E-state index is 4.26. The first-order chi connectivity index (χ1) is 5.79. The smallest absolute Gasteiger partial charge is 0.0521 e. The van der Waals surface area contributed by atoms with Crippen LogP contribution in [0.5, 0.6) is 0 Å². The molecule has 0 atom stereocenters. The van der Waals surface area contributed by atoms with E-state index in [1.54, 1.807) is 0 Å². The molecular formula is C10H8BrN. The lowest BCUT2D eigenvalue weighted by Crippen LogP contribution is -1.83. The van der Waals surface area contributed by atoms with Gasteiger partial charge in [0, 0.05) is 16.1 Å². The fourth-order valence-electron chi connectivity index (χ4n) is 1.23. The number of hydrogen-bond acceptors (Lipinski definition) is 1. The molecule has 2 rings (SSSR count). The van der Waals surface area contributed by atoms with E-state index in [0.29, 0.717) is 0 Å². The molecule has 2 heteroatoms. The minimum Gasteiger partial charge on any atom is -0.260 e. The molecule has 0 spiro atoms. The SMILES string of the molecule is Cc1ncc2ccccc2c1Br. The average molecular weight is 222 g/mol. The molecule has 60 valence electrons. The number of nitrogens with zero attached hydrogens (tertiary/aromatic N) is 1. The normalized spacial score (nSPS) is 10.5. The van der Waals surface area contributed by atoms with Crippen LogP contribution in [0.3, 0.4) is 0 Å². The monoisotopic (exact) mass is 221 g/mol. The zero-order valence-corrected chi connectivity index (χ0v) is 8.30. The van der Waals surface area contributed by atoms with E-state index in [-0.39, 0.29) is 0 Å². The highest BCUT2D eigenvalue weighted by Gasteiger charge is 2.00. The largest absolute Gasteiger partial charge is 0.260 e. The van der Waals surface area contributed by atoms with Gasteiger partial charge in [0.15, 0.2) is 0 Å². The van der Waals surface area contributed by atoms with Gasteiger partial charge >= 0.3 is 0 Å². The van der Waals surface area contributed by atoms with Gasteiger partial charge in [-0.05, 0) is 28.2 Å². The number of fused-ring (bicyclic) bond motifs is 1. The number of rotatable bonds is 0. The topological polar surface area (TPSA) is 12.9 Å². The summed E-state index contributed by atoms with van der Waals surface area (Å²) < 4.78 is 1.10. The third kappa shape index (κ3) is 1.12. The first kappa shape index (κ1) is 7.74. The number of hydrogen-bond donors (Lipinski definition) is 0. The Bertz CT molecular complexity index is 423. The van der Waals surface area contributed by atoms with Gasteiger partial charge in [-0.15, -0.1) is 0 Å². The minimum atomic E-state index is 1.04. The van der Waals surface area contributed by atoms with Crippen LogP contribution in [0.4, 0.5) is 0 Å². The molecule has 0 amide bonds. The number of benzene rings is 1. The van der Waals surface area contributed by atoms with E-state index in [1.165, 1.54) is 10.8 Å². The van der Waals surface area contributed by atoms with Gasteiger partial charge in [0.1, 0.15) is 0 Å².